The Bertz CT molecular complexity index is 731. The summed E-state index contributed by atoms with van der Waals surface area (Å²) >= 11 is 5.93. The number of rotatable bonds is 7. The maximum Gasteiger partial charge on any atom is 0.306 e. The van der Waals surface area contributed by atoms with Gasteiger partial charge in [-0.25, -0.2) is 0 Å². The molecule has 0 unspecified atom stereocenters. The highest BCUT2D eigenvalue weighted by atomic mass is 35.5. The molecule has 1 N–H and O–H groups in total. The number of esters is 1. The summed E-state index contributed by atoms with van der Waals surface area (Å²) in [5.74, 6) is -1.24. The lowest BCUT2D eigenvalue weighted by Crippen LogP contribution is -2.17. The lowest BCUT2D eigenvalue weighted by Gasteiger charge is -2.07. The van der Waals surface area contributed by atoms with Crippen molar-refractivity contribution in [2.24, 2.45) is 0 Å². The molecule has 0 aromatic heterocycles. The average Bonchev–Trinajstić information content (AvgIpc) is 2.60. The van der Waals surface area contributed by atoms with Crippen molar-refractivity contribution >= 4 is 34.9 Å². The third-order valence-electron chi connectivity index (χ3n) is 3.16. The first kappa shape index (κ1) is 17.7. The highest BCUT2D eigenvalue weighted by molar-refractivity contribution is 6.33. The molecule has 5 nitrogen and oxygen atoms in total. The van der Waals surface area contributed by atoms with Crippen LogP contribution in [0.25, 0.3) is 0 Å². The molecule has 0 spiro atoms. The van der Waals surface area contributed by atoms with E-state index >= 15 is 0 Å². The van der Waals surface area contributed by atoms with Gasteiger partial charge in [0.05, 0.1) is 17.1 Å². The minimum Gasteiger partial charge on any atom is -0.457 e. The van der Waals surface area contributed by atoms with Crippen LogP contribution in [-0.4, -0.2) is 24.3 Å². The monoisotopic (exact) mass is 345 g/mol. The van der Waals surface area contributed by atoms with E-state index in [2.05, 4.69) is 5.32 Å². The Balaban J connectivity index is 1.72. The van der Waals surface area contributed by atoms with Crippen molar-refractivity contribution in [3.63, 3.8) is 0 Å². The van der Waals surface area contributed by atoms with Crippen molar-refractivity contribution < 1.29 is 19.1 Å². The van der Waals surface area contributed by atoms with Gasteiger partial charge in [0.25, 0.3) is 0 Å². The SMILES string of the molecule is O=C(CCC(=O)OCC(=O)c1ccccc1)Nc1ccccc1Cl. The number of Topliss-reactive ketones (excluding diaryl/α,β-unsaturated/α-hetero) is 1. The number of anilines is 1. The van der Waals surface area contributed by atoms with Crippen LogP contribution in [0, 0.1) is 0 Å². The maximum absolute atomic E-state index is 11.8. The number of ketones is 1. The topological polar surface area (TPSA) is 72.5 Å². The lowest BCUT2D eigenvalue weighted by atomic mass is 10.1. The van der Waals surface area contributed by atoms with Gasteiger partial charge in [-0.05, 0) is 12.1 Å². The highest BCUT2D eigenvalue weighted by Gasteiger charge is 2.12. The van der Waals surface area contributed by atoms with Gasteiger partial charge in [-0.1, -0.05) is 54.1 Å². The van der Waals surface area contributed by atoms with Gasteiger partial charge in [-0.15, -0.1) is 0 Å². The summed E-state index contributed by atoms with van der Waals surface area (Å²) in [6.45, 7) is -0.338. The van der Waals surface area contributed by atoms with Crippen molar-refractivity contribution in [1.29, 1.82) is 0 Å². The van der Waals surface area contributed by atoms with Crippen LogP contribution in [-0.2, 0) is 14.3 Å². The zero-order chi connectivity index (χ0) is 17.4. The molecule has 0 atom stereocenters. The smallest absolute Gasteiger partial charge is 0.306 e. The molecule has 2 aromatic rings. The number of ether oxygens (including phenoxy) is 1. The Morgan fingerprint density at radius 2 is 1.58 bits per heavy atom. The van der Waals surface area contributed by atoms with Crippen molar-refractivity contribution in [2.75, 3.05) is 11.9 Å². The third kappa shape index (κ3) is 5.52. The van der Waals surface area contributed by atoms with Crippen molar-refractivity contribution in [1.82, 2.24) is 0 Å². The fraction of sp³-hybridized carbons (Fsp3) is 0.167. The number of amides is 1. The second-order valence-electron chi connectivity index (χ2n) is 4.98. The van der Waals surface area contributed by atoms with E-state index in [0.29, 0.717) is 16.3 Å². The molecule has 124 valence electrons. The number of hydrogen-bond donors (Lipinski definition) is 1. The molecule has 24 heavy (non-hydrogen) atoms. The Labute approximate surface area is 144 Å². The summed E-state index contributed by atoms with van der Waals surface area (Å²) < 4.78 is 4.89. The molecule has 0 saturated carbocycles. The van der Waals surface area contributed by atoms with Gasteiger partial charge >= 0.3 is 5.97 Å². The normalized spacial score (nSPS) is 10.0. The summed E-state index contributed by atoms with van der Waals surface area (Å²) in [7, 11) is 0. The minimum atomic E-state index is -0.603. The summed E-state index contributed by atoms with van der Waals surface area (Å²) in [6.07, 6.45) is -0.165. The molecule has 2 rings (SSSR count). The van der Waals surface area contributed by atoms with Gasteiger partial charge in [-0.2, -0.15) is 0 Å². The second kappa shape index (κ2) is 8.84. The second-order valence-corrected chi connectivity index (χ2v) is 5.39. The summed E-state index contributed by atoms with van der Waals surface area (Å²) in [5.41, 5.74) is 0.957. The predicted molar refractivity (Wildman–Crippen MR) is 91.0 cm³/mol. The van der Waals surface area contributed by atoms with Crippen LogP contribution in [0.4, 0.5) is 5.69 Å². The van der Waals surface area contributed by atoms with Crippen LogP contribution < -0.4 is 5.32 Å². The molecule has 0 heterocycles. The first-order valence-corrected chi connectivity index (χ1v) is 7.72. The first-order chi connectivity index (χ1) is 11.6. The van der Waals surface area contributed by atoms with E-state index in [4.69, 9.17) is 16.3 Å². The Hall–Kier alpha value is -2.66. The average molecular weight is 346 g/mol. The molecule has 2 aromatic carbocycles. The molecule has 6 heteroatoms. The molecule has 0 aliphatic carbocycles. The van der Waals surface area contributed by atoms with E-state index < -0.39 is 5.97 Å². The van der Waals surface area contributed by atoms with Gasteiger partial charge in [0.1, 0.15) is 0 Å². The zero-order valence-corrected chi connectivity index (χ0v) is 13.6. The lowest BCUT2D eigenvalue weighted by molar-refractivity contribution is -0.143. The largest absolute Gasteiger partial charge is 0.457 e. The molecule has 0 saturated heterocycles. The molecular formula is C18H16ClNO4. The van der Waals surface area contributed by atoms with Crippen molar-refractivity contribution in [3.05, 3.63) is 65.2 Å². The number of para-hydroxylation sites is 1. The summed E-state index contributed by atoms with van der Waals surface area (Å²) in [4.78, 5) is 35.2. The van der Waals surface area contributed by atoms with Gasteiger partial charge < -0.3 is 10.1 Å². The van der Waals surface area contributed by atoms with E-state index in [1.807, 2.05) is 0 Å². The summed E-state index contributed by atoms with van der Waals surface area (Å²) in [6, 6.07) is 15.4. The molecular weight excluding hydrogens is 330 g/mol. The van der Waals surface area contributed by atoms with Crippen LogP contribution in [0.15, 0.2) is 54.6 Å². The quantitative estimate of drug-likeness (QED) is 0.616. The molecule has 0 aliphatic heterocycles. The number of carbonyl (C=O) groups excluding carboxylic acids is 3. The van der Waals surface area contributed by atoms with E-state index in [1.54, 1.807) is 54.6 Å². The Morgan fingerprint density at radius 1 is 0.917 bits per heavy atom. The standard InChI is InChI=1S/C18H16ClNO4/c19-14-8-4-5-9-15(14)20-17(22)10-11-18(23)24-12-16(21)13-6-2-1-3-7-13/h1-9H,10-12H2,(H,20,22). The molecule has 1 amide bonds. The van der Waals surface area contributed by atoms with Gasteiger partial charge in [0.2, 0.25) is 5.91 Å². The number of halogens is 1. The van der Waals surface area contributed by atoms with E-state index in [-0.39, 0.29) is 31.1 Å². The van der Waals surface area contributed by atoms with E-state index in [9.17, 15) is 14.4 Å². The number of benzene rings is 2. The van der Waals surface area contributed by atoms with Crippen LogP contribution in [0.3, 0.4) is 0 Å². The van der Waals surface area contributed by atoms with E-state index in [1.165, 1.54) is 0 Å². The van der Waals surface area contributed by atoms with Crippen LogP contribution >= 0.6 is 11.6 Å². The fourth-order valence-corrected chi connectivity index (χ4v) is 2.10. The van der Waals surface area contributed by atoms with E-state index in [0.717, 1.165) is 0 Å². The van der Waals surface area contributed by atoms with Crippen LogP contribution in [0.2, 0.25) is 5.02 Å². The Kier molecular flexibility index (Phi) is 6.51. The number of hydrogen-bond acceptors (Lipinski definition) is 4. The van der Waals surface area contributed by atoms with Crippen LogP contribution in [0.5, 0.6) is 0 Å². The molecule has 0 aliphatic rings. The van der Waals surface area contributed by atoms with Gasteiger partial charge in [0, 0.05) is 12.0 Å². The fourth-order valence-electron chi connectivity index (χ4n) is 1.92. The first-order valence-electron chi connectivity index (χ1n) is 7.34. The maximum atomic E-state index is 11.8. The molecule has 0 fully saturated rings. The zero-order valence-electron chi connectivity index (χ0n) is 12.8. The van der Waals surface area contributed by atoms with Gasteiger partial charge in [-0.3, -0.25) is 14.4 Å². The Morgan fingerprint density at radius 3 is 2.29 bits per heavy atom. The number of carbonyl (C=O) groups is 3. The minimum absolute atomic E-state index is 0.0520. The number of nitrogens with one attached hydrogen (secondary N) is 1. The van der Waals surface area contributed by atoms with Crippen molar-refractivity contribution in [2.45, 2.75) is 12.8 Å². The van der Waals surface area contributed by atoms with Crippen LogP contribution in [0.1, 0.15) is 23.2 Å². The highest BCUT2D eigenvalue weighted by Crippen LogP contribution is 2.20. The summed E-state index contributed by atoms with van der Waals surface area (Å²) in [5, 5.41) is 3.03. The van der Waals surface area contributed by atoms with Crippen molar-refractivity contribution in [3.8, 4) is 0 Å². The molecule has 0 radical (unpaired) electrons. The van der Waals surface area contributed by atoms with Gasteiger partial charge in [0.15, 0.2) is 12.4 Å². The molecule has 0 bridgehead atoms. The third-order valence-corrected chi connectivity index (χ3v) is 3.49. The predicted octanol–water partition coefficient (Wildman–Crippen LogP) is 3.48.